The Balaban J connectivity index is 1.83. The minimum absolute atomic E-state index is 0.231. The maximum absolute atomic E-state index is 10.8. The molecule has 1 amide bonds. The molecule has 88 valence electrons. The number of carbonyl (C=O) groups excluding carboxylic acids is 1. The number of primary amides is 1. The zero-order valence-corrected chi connectivity index (χ0v) is 9.56. The van der Waals surface area contributed by atoms with Gasteiger partial charge in [-0.15, -0.1) is 0 Å². The van der Waals surface area contributed by atoms with Gasteiger partial charge in [-0.1, -0.05) is 12.2 Å². The summed E-state index contributed by atoms with van der Waals surface area (Å²) >= 11 is 0. The van der Waals surface area contributed by atoms with E-state index < -0.39 is 0 Å². The van der Waals surface area contributed by atoms with E-state index in [-0.39, 0.29) is 5.91 Å². The molecule has 1 aliphatic heterocycles. The molecular weight excluding hydrogens is 202 g/mol. The summed E-state index contributed by atoms with van der Waals surface area (Å²) < 4.78 is 0. The second-order valence-corrected chi connectivity index (χ2v) is 4.34. The van der Waals surface area contributed by atoms with Gasteiger partial charge in [0.05, 0.1) is 6.54 Å². The summed E-state index contributed by atoms with van der Waals surface area (Å²) in [6.07, 6.45) is 9.03. The van der Waals surface area contributed by atoms with Gasteiger partial charge in [0.15, 0.2) is 0 Å². The Morgan fingerprint density at radius 1 is 1.25 bits per heavy atom. The summed E-state index contributed by atoms with van der Waals surface area (Å²) in [5, 5.41) is 0. The summed E-state index contributed by atoms with van der Waals surface area (Å²) in [5.74, 6) is -0.231. The van der Waals surface area contributed by atoms with Crippen LogP contribution in [0.3, 0.4) is 0 Å². The quantitative estimate of drug-likeness (QED) is 0.747. The number of amides is 1. The average Bonchev–Trinajstić information content (AvgIpc) is 2.30. The van der Waals surface area contributed by atoms with Gasteiger partial charge < -0.3 is 10.6 Å². The van der Waals surface area contributed by atoms with Gasteiger partial charge in [0.25, 0.3) is 0 Å². The van der Waals surface area contributed by atoms with E-state index in [4.69, 9.17) is 5.73 Å². The van der Waals surface area contributed by atoms with E-state index in [9.17, 15) is 4.79 Å². The molecule has 2 rings (SSSR count). The number of nitrogens with zero attached hydrogens (tertiary/aromatic N) is 2. The van der Waals surface area contributed by atoms with Gasteiger partial charge in [-0.05, 0) is 18.9 Å². The van der Waals surface area contributed by atoms with Gasteiger partial charge in [0, 0.05) is 31.9 Å². The van der Waals surface area contributed by atoms with Crippen molar-refractivity contribution in [3.63, 3.8) is 0 Å². The van der Waals surface area contributed by atoms with Gasteiger partial charge in [0.2, 0.25) is 5.91 Å². The highest BCUT2D eigenvalue weighted by atomic mass is 16.1. The first-order chi connectivity index (χ1) is 7.75. The zero-order valence-electron chi connectivity index (χ0n) is 9.56. The van der Waals surface area contributed by atoms with Crippen molar-refractivity contribution in [1.82, 2.24) is 9.80 Å². The van der Waals surface area contributed by atoms with Crippen LogP contribution in [0.2, 0.25) is 0 Å². The van der Waals surface area contributed by atoms with Crippen LogP contribution in [0.1, 0.15) is 12.8 Å². The molecule has 0 aromatic rings. The van der Waals surface area contributed by atoms with Gasteiger partial charge in [-0.25, -0.2) is 0 Å². The van der Waals surface area contributed by atoms with Crippen molar-refractivity contribution >= 4 is 5.91 Å². The van der Waals surface area contributed by atoms with Gasteiger partial charge in [0.1, 0.15) is 0 Å². The standard InChI is InChI=1S/C12H19N3O/c13-12(16)10-14-6-8-15(9-7-14)11-4-2-1-3-5-11/h2,4-5H,1,3,6-10H2,(H2,13,16). The van der Waals surface area contributed by atoms with Crippen molar-refractivity contribution in [1.29, 1.82) is 0 Å². The van der Waals surface area contributed by atoms with Crippen molar-refractivity contribution in [3.8, 4) is 0 Å². The van der Waals surface area contributed by atoms with E-state index in [0.29, 0.717) is 6.54 Å². The predicted octanol–water partition coefficient (Wildman–Crippen LogP) is 0.323. The molecule has 16 heavy (non-hydrogen) atoms. The topological polar surface area (TPSA) is 49.6 Å². The first kappa shape index (κ1) is 11.2. The lowest BCUT2D eigenvalue weighted by Gasteiger charge is -2.36. The molecule has 0 atom stereocenters. The molecule has 4 nitrogen and oxygen atoms in total. The molecule has 2 aliphatic rings. The van der Waals surface area contributed by atoms with Crippen molar-refractivity contribution in [2.24, 2.45) is 5.73 Å². The molecule has 0 spiro atoms. The SMILES string of the molecule is NC(=O)CN1CCN(C2=CCCC=C2)CC1. The second-order valence-electron chi connectivity index (χ2n) is 4.34. The summed E-state index contributed by atoms with van der Waals surface area (Å²) in [5.41, 5.74) is 6.52. The molecule has 0 aromatic heterocycles. The van der Waals surface area contributed by atoms with Crippen molar-refractivity contribution in [2.45, 2.75) is 12.8 Å². The third-order valence-corrected chi connectivity index (χ3v) is 3.09. The number of piperazine rings is 1. The summed E-state index contributed by atoms with van der Waals surface area (Å²) in [4.78, 5) is 15.3. The predicted molar refractivity (Wildman–Crippen MR) is 63.7 cm³/mol. The monoisotopic (exact) mass is 221 g/mol. The van der Waals surface area contributed by atoms with Crippen LogP contribution in [0.5, 0.6) is 0 Å². The molecule has 1 saturated heterocycles. The van der Waals surface area contributed by atoms with Crippen LogP contribution in [0.4, 0.5) is 0 Å². The van der Waals surface area contributed by atoms with Crippen LogP contribution in [0.25, 0.3) is 0 Å². The average molecular weight is 221 g/mol. The van der Waals surface area contributed by atoms with Crippen LogP contribution in [-0.4, -0.2) is 48.4 Å². The second kappa shape index (κ2) is 5.16. The van der Waals surface area contributed by atoms with E-state index >= 15 is 0 Å². The molecule has 1 heterocycles. The maximum atomic E-state index is 10.8. The van der Waals surface area contributed by atoms with Gasteiger partial charge >= 0.3 is 0 Å². The number of rotatable bonds is 3. The summed E-state index contributed by atoms with van der Waals surface area (Å²) in [6, 6.07) is 0. The first-order valence-corrected chi connectivity index (χ1v) is 5.88. The van der Waals surface area contributed by atoms with Crippen LogP contribution in [0.15, 0.2) is 23.9 Å². The summed E-state index contributed by atoms with van der Waals surface area (Å²) in [7, 11) is 0. The molecule has 0 saturated carbocycles. The minimum Gasteiger partial charge on any atom is -0.369 e. The Bertz CT molecular complexity index is 314. The van der Waals surface area contributed by atoms with Gasteiger partial charge in [-0.2, -0.15) is 0 Å². The number of carbonyl (C=O) groups is 1. The molecule has 0 radical (unpaired) electrons. The van der Waals surface area contributed by atoms with Crippen LogP contribution in [-0.2, 0) is 4.79 Å². The third kappa shape index (κ3) is 2.85. The third-order valence-electron chi connectivity index (χ3n) is 3.09. The fraction of sp³-hybridized carbons (Fsp3) is 0.583. The lowest BCUT2D eigenvalue weighted by Crippen LogP contribution is -2.48. The number of hydrogen-bond acceptors (Lipinski definition) is 3. The lowest BCUT2D eigenvalue weighted by molar-refractivity contribution is -0.119. The highest BCUT2D eigenvalue weighted by molar-refractivity contribution is 5.75. The fourth-order valence-corrected chi connectivity index (χ4v) is 2.22. The smallest absolute Gasteiger partial charge is 0.231 e. The minimum atomic E-state index is -0.231. The zero-order chi connectivity index (χ0) is 11.4. The highest BCUT2D eigenvalue weighted by Crippen LogP contribution is 2.16. The maximum Gasteiger partial charge on any atom is 0.231 e. The van der Waals surface area contributed by atoms with E-state index in [1.807, 2.05) is 0 Å². The van der Waals surface area contributed by atoms with Crippen molar-refractivity contribution in [3.05, 3.63) is 23.9 Å². The van der Waals surface area contributed by atoms with Crippen LogP contribution in [0, 0.1) is 0 Å². The van der Waals surface area contributed by atoms with Crippen molar-refractivity contribution < 1.29 is 4.79 Å². The Labute approximate surface area is 96.4 Å². The van der Waals surface area contributed by atoms with Crippen molar-refractivity contribution in [2.75, 3.05) is 32.7 Å². The summed E-state index contributed by atoms with van der Waals surface area (Å²) in [6.45, 7) is 4.22. The molecule has 0 bridgehead atoms. The Kier molecular flexibility index (Phi) is 3.62. The Morgan fingerprint density at radius 2 is 2.00 bits per heavy atom. The molecular formula is C12H19N3O. The van der Waals surface area contributed by atoms with Gasteiger partial charge in [-0.3, -0.25) is 9.69 Å². The van der Waals surface area contributed by atoms with E-state index in [2.05, 4.69) is 28.0 Å². The molecule has 0 unspecified atom stereocenters. The van der Waals surface area contributed by atoms with Crippen LogP contribution < -0.4 is 5.73 Å². The normalized spacial score (nSPS) is 22.0. The molecule has 1 aliphatic carbocycles. The van der Waals surface area contributed by atoms with Crippen LogP contribution >= 0.6 is 0 Å². The highest BCUT2D eigenvalue weighted by Gasteiger charge is 2.18. The number of hydrogen-bond donors (Lipinski definition) is 1. The number of nitrogens with two attached hydrogens (primary N) is 1. The van der Waals surface area contributed by atoms with E-state index in [1.165, 1.54) is 5.70 Å². The Morgan fingerprint density at radius 3 is 2.56 bits per heavy atom. The Hall–Kier alpha value is -1.29. The fourth-order valence-electron chi connectivity index (χ4n) is 2.22. The molecule has 4 heteroatoms. The van der Waals surface area contributed by atoms with E-state index in [1.54, 1.807) is 0 Å². The molecule has 0 aromatic carbocycles. The molecule has 1 fully saturated rings. The molecule has 2 N–H and O–H groups in total. The van der Waals surface area contributed by atoms with E-state index in [0.717, 1.165) is 39.0 Å². The number of allylic oxidation sites excluding steroid dienone is 3. The largest absolute Gasteiger partial charge is 0.369 e. The first-order valence-electron chi connectivity index (χ1n) is 5.88. The lowest BCUT2D eigenvalue weighted by atomic mass is 10.1.